The summed E-state index contributed by atoms with van der Waals surface area (Å²) in [4.78, 5) is 1.37. The van der Waals surface area contributed by atoms with Gasteiger partial charge in [-0.3, -0.25) is 0 Å². The van der Waals surface area contributed by atoms with Gasteiger partial charge < -0.3 is 0 Å². The van der Waals surface area contributed by atoms with Gasteiger partial charge in [-0.15, -0.1) is 11.3 Å². The van der Waals surface area contributed by atoms with Crippen LogP contribution in [-0.2, 0) is 6.42 Å². The van der Waals surface area contributed by atoms with Crippen LogP contribution in [0.15, 0.2) is 60.0 Å². The van der Waals surface area contributed by atoms with Gasteiger partial charge in [-0.1, -0.05) is 48.5 Å². The summed E-state index contributed by atoms with van der Waals surface area (Å²) < 4.78 is 0. The average Bonchev–Trinajstić information content (AvgIpc) is 3.05. The predicted molar refractivity (Wildman–Crippen MR) is 78.0 cm³/mol. The number of hydrogen-bond donors (Lipinski definition) is 0. The SMILES string of the molecule is c1csc(-c2cccc3c2Cc2ccccc2-3)c1. The Morgan fingerprint density at radius 2 is 1.56 bits per heavy atom. The molecule has 2 aromatic carbocycles. The maximum absolute atomic E-state index is 2.25. The van der Waals surface area contributed by atoms with Gasteiger partial charge >= 0.3 is 0 Å². The second-order valence-corrected chi connectivity index (χ2v) is 5.59. The van der Waals surface area contributed by atoms with Crippen molar-refractivity contribution < 1.29 is 0 Å². The molecule has 3 aromatic rings. The summed E-state index contributed by atoms with van der Waals surface area (Å²) in [6, 6.07) is 19.8. The summed E-state index contributed by atoms with van der Waals surface area (Å²) >= 11 is 1.82. The molecule has 0 nitrogen and oxygen atoms in total. The van der Waals surface area contributed by atoms with Crippen LogP contribution in [0.2, 0.25) is 0 Å². The van der Waals surface area contributed by atoms with Crippen molar-refractivity contribution in [1.82, 2.24) is 0 Å². The first-order chi connectivity index (χ1) is 8.93. The zero-order valence-electron chi connectivity index (χ0n) is 9.89. The number of benzene rings is 2. The van der Waals surface area contributed by atoms with E-state index in [-0.39, 0.29) is 0 Å². The van der Waals surface area contributed by atoms with Gasteiger partial charge in [-0.25, -0.2) is 0 Å². The highest BCUT2D eigenvalue weighted by Gasteiger charge is 2.20. The van der Waals surface area contributed by atoms with Gasteiger partial charge in [0.15, 0.2) is 0 Å². The third kappa shape index (κ3) is 1.37. The first-order valence-electron chi connectivity index (χ1n) is 6.17. The lowest BCUT2D eigenvalue weighted by Gasteiger charge is -2.06. The minimum absolute atomic E-state index is 1.07. The van der Waals surface area contributed by atoms with E-state index in [4.69, 9.17) is 0 Å². The molecule has 0 amide bonds. The van der Waals surface area contributed by atoms with Gasteiger partial charge in [0.2, 0.25) is 0 Å². The van der Waals surface area contributed by atoms with Gasteiger partial charge in [0.05, 0.1) is 0 Å². The molecule has 0 aliphatic heterocycles. The van der Waals surface area contributed by atoms with Crippen molar-refractivity contribution in [2.75, 3.05) is 0 Å². The largest absolute Gasteiger partial charge is 0.144 e. The molecule has 0 spiro atoms. The van der Waals surface area contributed by atoms with Crippen LogP contribution >= 0.6 is 11.3 Å². The molecular formula is C17H12S. The quantitative estimate of drug-likeness (QED) is 0.445. The fraction of sp³-hybridized carbons (Fsp3) is 0.0588. The molecule has 1 heteroatoms. The first kappa shape index (κ1) is 10.1. The molecule has 1 aromatic heterocycles. The molecule has 18 heavy (non-hydrogen) atoms. The van der Waals surface area contributed by atoms with Crippen LogP contribution in [0.4, 0.5) is 0 Å². The van der Waals surface area contributed by atoms with E-state index in [1.807, 2.05) is 11.3 Å². The van der Waals surface area contributed by atoms with Gasteiger partial charge in [0.25, 0.3) is 0 Å². The predicted octanol–water partition coefficient (Wildman–Crippen LogP) is 4.99. The highest BCUT2D eigenvalue weighted by molar-refractivity contribution is 7.13. The topological polar surface area (TPSA) is 0 Å². The fourth-order valence-electron chi connectivity index (χ4n) is 2.82. The Balaban J connectivity index is 1.97. The van der Waals surface area contributed by atoms with E-state index in [1.54, 1.807) is 0 Å². The number of fused-ring (bicyclic) bond motifs is 3. The summed E-state index contributed by atoms with van der Waals surface area (Å²) in [6.45, 7) is 0. The molecule has 0 bridgehead atoms. The van der Waals surface area contributed by atoms with E-state index in [0.717, 1.165) is 6.42 Å². The Hall–Kier alpha value is -1.86. The molecule has 4 rings (SSSR count). The van der Waals surface area contributed by atoms with Crippen LogP contribution in [-0.4, -0.2) is 0 Å². The molecular weight excluding hydrogens is 236 g/mol. The van der Waals surface area contributed by atoms with Crippen molar-refractivity contribution in [3.8, 4) is 21.6 Å². The van der Waals surface area contributed by atoms with Crippen molar-refractivity contribution in [1.29, 1.82) is 0 Å². The third-order valence-electron chi connectivity index (χ3n) is 3.64. The van der Waals surface area contributed by atoms with Crippen LogP contribution in [0.25, 0.3) is 21.6 Å². The van der Waals surface area contributed by atoms with E-state index in [2.05, 4.69) is 60.0 Å². The van der Waals surface area contributed by atoms with Crippen molar-refractivity contribution in [2.45, 2.75) is 6.42 Å². The Kier molecular flexibility index (Phi) is 2.14. The van der Waals surface area contributed by atoms with Crippen LogP contribution in [0.5, 0.6) is 0 Å². The normalized spacial score (nSPS) is 12.2. The molecule has 0 saturated heterocycles. The molecule has 0 saturated carbocycles. The summed E-state index contributed by atoms with van der Waals surface area (Å²) in [6.07, 6.45) is 1.07. The molecule has 1 heterocycles. The summed E-state index contributed by atoms with van der Waals surface area (Å²) in [7, 11) is 0. The molecule has 1 aliphatic carbocycles. The van der Waals surface area contributed by atoms with Gasteiger partial charge in [-0.2, -0.15) is 0 Å². The molecule has 0 atom stereocenters. The van der Waals surface area contributed by atoms with E-state index in [9.17, 15) is 0 Å². The zero-order chi connectivity index (χ0) is 11.9. The summed E-state index contributed by atoms with van der Waals surface area (Å²) in [5, 5.41) is 2.15. The fourth-order valence-corrected chi connectivity index (χ4v) is 3.60. The molecule has 0 fully saturated rings. The van der Waals surface area contributed by atoms with Gasteiger partial charge in [0, 0.05) is 4.88 Å². The third-order valence-corrected chi connectivity index (χ3v) is 4.54. The van der Waals surface area contributed by atoms with Crippen LogP contribution in [0.1, 0.15) is 11.1 Å². The number of rotatable bonds is 1. The van der Waals surface area contributed by atoms with E-state index in [1.165, 1.54) is 32.7 Å². The molecule has 0 N–H and O–H groups in total. The second kappa shape index (κ2) is 3.82. The van der Waals surface area contributed by atoms with Crippen LogP contribution < -0.4 is 0 Å². The average molecular weight is 248 g/mol. The van der Waals surface area contributed by atoms with Gasteiger partial charge in [-0.05, 0) is 45.7 Å². The zero-order valence-corrected chi connectivity index (χ0v) is 10.7. The second-order valence-electron chi connectivity index (χ2n) is 4.64. The summed E-state index contributed by atoms with van der Waals surface area (Å²) in [5.41, 5.74) is 7.17. The maximum atomic E-state index is 2.25. The lowest BCUT2D eigenvalue weighted by atomic mass is 10.0. The Bertz CT molecular complexity index is 708. The van der Waals surface area contributed by atoms with Crippen molar-refractivity contribution in [3.05, 3.63) is 71.1 Å². The van der Waals surface area contributed by atoms with Crippen LogP contribution in [0, 0.1) is 0 Å². The van der Waals surface area contributed by atoms with Crippen molar-refractivity contribution in [2.24, 2.45) is 0 Å². The van der Waals surface area contributed by atoms with Crippen molar-refractivity contribution in [3.63, 3.8) is 0 Å². The molecule has 1 aliphatic rings. The smallest absolute Gasteiger partial charge is 0.0345 e. The number of thiophene rings is 1. The lowest BCUT2D eigenvalue weighted by Crippen LogP contribution is -1.85. The minimum atomic E-state index is 1.07. The highest BCUT2D eigenvalue weighted by Crippen LogP contribution is 2.42. The molecule has 0 radical (unpaired) electrons. The Labute approximate surface area is 111 Å². The Morgan fingerprint density at radius 1 is 0.722 bits per heavy atom. The lowest BCUT2D eigenvalue weighted by molar-refractivity contribution is 1.27. The maximum Gasteiger partial charge on any atom is 0.0345 e. The monoisotopic (exact) mass is 248 g/mol. The van der Waals surface area contributed by atoms with E-state index >= 15 is 0 Å². The standard InChI is InChI=1S/C17H12S/c1-2-6-13-12(5-1)11-16-14(13)7-3-8-15(16)17-9-4-10-18-17/h1-10H,11H2. The summed E-state index contributed by atoms with van der Waals surface area (Å²) in [5.74, 6) is 0. The first-order valence-corrected chi connectivity index (χ1v) is 7.05. The minimum Gasteiger partial charge on any atom is -0.144 e. The molecule has 86 valence electrons. The molecule has 0 unspecified atom stereocenters. The number of hydrogen-bond acceptors (Lipinski definition) is 1. The van der Waals surface area contributed by atoms with Crippen molar-refractivity contribution >= 4 is 11.3 Å². The van der Waals surface area contributed by atoms with E-state index in [0.29, 0.717) is 0 Å². The highest BCUT2D eigenvalue weighted by atomic mass is 32.1. The van der Waals surface area contributed by atoms with Crippen LogP contribution in [0.3, 0.4) is 0 Å². The Morgan fingerprint density at radius 3 is 2.44 bits per heavy atom. The van der Waals surface area contributed by atoms with Gasteiger partial charge in [0.1, 0.15) is 0 Å². The van der Waals surface area contributed by atoms with E-state index < -0.39 is 0 Å².